The number of carbonyl (C=O) groups excluding carboxylic acids is 1. The lowest BCUT2D eigenvalue weighted by molar-refractivity contribution is 0.0910. The molecule has 0 radical (unpaired) electrons. The van der Waals surface area contributed by atoms with Crippen LogP contribution < -0.4 is 5.32 Å². The molecule has 1 aliphatic rings. The largest absolute Gasteiger partial charge is 0.314 e. The first-order valence-corrected chi connectivity index (χ1v) is 6.74. The second-order valence-corrected chi connectivity index (χ2v) is 5.29. The molecule has 0 saturated heterocycles. The molecule has 2 rings (SSSR count). The average molecular weight is 267 g/mol. The van der Waals surface area contributed by atoms with Crippen LogP contribution >= 0.6 is 0 Å². The molecule has 0 amide bonds. The van der Waals surface area contributed by atoms with E-state index in [1.54, 1.807) is 0 Å². The zero-order valence-electron chi connectivity index (χ0n) is 11.1. The third-order valence-electron chi connectivity index (χ3n) is 4.09. The van der Waals surface area contributed by atoms with Crippen molar-refractivity contribution in [3.05, 3.63) is 35.4 Å². The molecule has 104 valence electrons. The summed E-state index contributed by atoms with van der Waals surface area (Å²) >= 11 is 0. The Hall–Kier alpha value is -1.29. The van der Waals surface area contributed by atoms with Crippen LogP contribution in [0.5, 0.6) is 0 Å². The highest BCUT2D eigenvalue weighted by atomic mass is 19.2. The van der Waals surface area contributed by atoms with Gasteiger partial charge in [-0.15, -0.1) is 0 Å². The van der Waals surface area contributed by atoms with E-state index in [9.17, 15) is 13.6 Å². The SMILES string of the molecule is CNC1(CC(=O)c2cccc(F)c2F)CCCCC1. The molecule has 0 unspecified atom stereocenters. The Kier molecular flexibility index (Phi) is 4.30. The van der Waals surface area contributed by atoms with Crippen molar-refractivity contribution >= 4 is 5.78 Å². The van der Waals surface area contributed by atoms with Gasteiger partial charge in [0, 0.05) is 12.0 Å². The van der Waals surface area contributed by atoms with Crippen LogP contribution in [0.1, 0.15) is 48.9 Å². The highest BCUT2D eigenvalue weighted by molar-refractivity contribution is 5.97. The predicted octanol–water partition coefficient (Wildman–Crippen LogP) is 3.46. The average Bonchev–Trinajstić information content (AvgIpc) is 2.42. The molecule has 0 atom stereocenters. The normalized spacial score (nSPS) is 18.3. The van der Waals surface area contributed by atoms with Gasteiger partial charge in [0.1, 0.15) is 0 Å². The van der Waals surface area contributed by atoms with Gasteiger partial charge >= 0.3 is 0 Å². The van der Waals surface area contributed by atoms with Gasteiger partial charge in [0.2, 0.25) is 0 Å². The Bertz CT molecular complexity index is 467. The van der Waals surface area contributed by atoms with Gasteiger partial charge in [-0.3, -0.25) is 4.79 Å². The van der Waals surface area contributed by atoms with E-state index < -0.39 is 11.6 Å². The monoisotopic (exact) mass is 267 g/mol. The minimum absolute atomic E-state index is 0.139. The Morgan fingerprint density at radius 3 is 2.58 bits per heavy atom. The fourth-order valence-electron chi connectivity index (χ4n) is 2.87. The lowest BCUT2D eigenvalue weighted by atomic mass is 9.77. The van der Waals surface area contributed by atoms with Crippen LogP contribution in [-0.4, -0.2) is 18.4 Å². The zero-order chi connectivity index (χ0) is 13.9. The van der Waals surface area contributed by atoms with Crippen LogP contribution in [0.2, 0.25) is 0 Å². The van der Waals surface area contributed by atoms with Crippen molar-refractivity contribution in [3.63, 3.8) is 0 Å². The second-order valence-electron chi connectivity index (χ2n) is 5.29. The molecule has 0 aliphatic heterocycles. The lowest BCUT2D eigenvalue weighted by Gasteiger charge is -2.36. The molecule has 1 fully saturated rings. The molecule has 0 heterocycles. The van der Waals surface area contributed by atoms with Gasteiger partial charge in [0.25, 0.3) is 0 Å². The summed E-state index contributed by atoms with van der Waals surface area (Å²) < 4.78 is 26.8. The van der Waals surface area contributed by atoms with Gasteiger partial charge in [-0.2, -0.15) is 0 Å². The number of carbonyl (C=O) groups is 1. The summed E-state index contributed by atoms with van der Waals surface area (Å²) in [5.74, 6) is -2.32. The Labute approximate surface area is 112 Å². The summed E-state index contributed by atoms with van der Waals surface area (Å²) in [6.45, 7) is 0. The van der Waals surface area contributed by atoms with Gasteiger partial charge in [-0.1, -0.05) is 25.3 Å². The zero-order valence-corrected chi connectivity index (χ0v) is 11.1. The number of ketones is 1. The number of hydrogen-bond acceptors (Lipinski definition) is 2. The molecule has 1 aliphatic carbocycles. The molecular formula is C15H19F2NO. The standard InChI is InChI=1S/C15H19F2NO/c1-18-15(8-3-2-4-9-15)10-13(19)11-6-5-7-12(16)14(11)17/h5-7,18H,2-4,8-10H2,1H3. The molecule has 1 N–H and O–H groups in total. The van der Waals surface area contributed by atoms with Crippen molar-refractivity contribution in [2.75, 3.05) is 7.05 Å². The van der Waals surface area contributed by atoms with Crippen molar-refractivity contribution in [1.82, 2.24) is 5.32 Å². The van der Waals surface area contributed by atoms with E-state index in [2.05, 4.69) is 5.32 Å². The molecule has 0 aromatic heterocycles. The highest BCUT2D eigenvalue weighted by Gasteiger charge is 2.33. The molecule has 0 spiro atoms. The maximum atomic E-state index is 13.6. The number of halogens is 2. The maximum absolute atomic E-state index is 13.6. The number of hydrogen-bond donors (Lipinski definition) is 1. The Morgan fingerprint density at radius 2 is 1.95 bits per heavy atom. The van der Waals surface area contributed by atoms with Crippen LogP contribution in [0.25, 0.3) is 0 Å². The van der Waals surface area contributed by atoms with E-state index in [0.29, 0.717) is 0 Å². The van der Waals surface area contributed by atoms with Crippen molar-refractivity contribution in [3.8, 4) is 0 Å². The van der Waals surface area contributed by atoms with Gasteiger partial charge < -0.3 is 5.32 Å². The Morgan fingerprint density at radius 1 is 1.26 bits per heavy atom. The first-order chi connectivity index (χ1) is 9.08. The van der Waals surface area contributed by atoms with E-state index in [0.717, 1.165) is 31.7 Å². The van der Waals surface area contributed by atoms with Crippen molar-refractivity contribution in [2.24, 2.45) is 0 Å². The molecule has 1 aromatic rings. The summed E-state index contributed by atoms with van der Waals surface area (Å²) in [4.78, 5) is 12.2. The minimum Gasteiger partial charge on any atom is -0.314 e. The van der Waals surface area contributed by atoms with E-state index in [4.69, 9.17) is 0 Å². The van der Waals surface area contributed by atoms with Crippen LogP contribution in [0.3, 0.4) is 0 Å². The summed E-state index contributed by atoms with van der Waals surface area (Å²) in [5, 5.41) is 3.22. The molecule has 4 heteroatoms. The summed E-state index contributed by atoms with van der Waals surface area (Å²) in [6, 6.07) is 3.76. The quantitative estimate of drug-likeness (QED) is 0.846. The second kappa shape index (κ2) is 5.78. The van der Waals surface area contributed by atoms with Crippen LogP contribution in [0, 0.1) is 11.6 Å². The fourth-order valence-corrected chi connectivity index (χ4v) is 2.87. The van der Waals surface area contributed by atoms with Crippen molar-refractivity contribution < 1.29 is 13.6 Å². The topological polar surface area (TPSA) is 29.1 Å². The molecule has 1 saturated carbocycles. The first kappa shape index (κ1) is 14.1. The summed E-state index contributed by atoms with van der Waals surface area (Å²) in [7, 11) is 1.83. The minimum atomic E-state index is -1.03. The van der Waals surface area contributed by atoms with Gasteiger partial charge in [0.05, 0.1) is 5.56 Å². The lowest BCUT2D eigenvalue weighted by Crippen LogP contribution is -2.46. The smallest absolute Gasteiger partial charge is 0.169 e. The van der Waals surface area contributed by atoms with Crippen LogP contribution in [-0.2, 0) is 0 Å². The molecule has 0 bridgehead atoms. The van der Waals surface area contributed by atoms with Crippen molar-refractivity contribution in [1.29, 1.82) is 0 Å². The van der Waals surface area contributed by atoms with Crippen molar-refractivity contribution in [2.45, 2.75) is 44.1 Å². The van der Waals surface area contributed by atoms with Gasteiger partial charge in [0.15, 0.2) is 17.4 Å². The first-order valence-electron chi connectivity index (χ1n) is 6.74. The molecular weight excluding hydrogens is 248 g/mol. The van der Waals surface area contributed by atoms with E-state index >= 15 is 0 Å². The number of Topliss-reactive ketones (excluding diaryl/α,β-unsaturated/α-hetero) is 1. The number of rotatable bonds is 4. The van der Waals surface area contributed by atoms with E-state index in [-0.39, 0.29) is 23.3 Å². The predicted molar refractivity (Wildman–Crippen MR) is 70.2 cm³/mol. The molecule has 19 heavy (non-hydrogen) atoms. The van der Waals surface area contributed by atoms with Crippen LogP contribution in [0.15, 0.2) is 18.2 Å². The molecule has 1 aromatic carbocycles. The van der Waals surface area contributed by atoms with Gasteiger partial charge in [-0.25, -0.2) is 8.78 Å². The highest BCUT2D eigenvalue weighted by Crippen LogP contribution is 2.32. The third-order valence-corrected chi connectivity index (χ3v) is 4.09. The summed E-state index contributed by atoms with van der Waals surface area (Å²) in [6.07, 6.45) is 5.35. The maximum Gasteiger partial charge on any atom is 0.169 e. The van der Waals surface area contributed by atoms with Crippen LogP contribution in [0.4, 0.5) is 8.78 Å². The fraction of sp³-hybridized carbons (Fsp3) is 0.533. The van der Waals surface area contributed by atoms with E-state index in [1.165, 1.54) is 18.6 Å². The number of benzene rings is 1. The number of nitrogens with one attached hydrogen (secondary N) is 1. The third kappa shape index (κ3) is 3.00. The summed E-state index contributed by atoms with van der Waals surface area (Å²) in [5.41, 5.74) is -0.395. The Balaban J connectivity index is 2.17. The van der Waals surface area contributed by atoms with E-state index in [1.807, 2.05) is 7.05 Å². The molecule has 2 nitrogen and oxygen atoms in total. The van der Waals surface area contributed by atoms with Gasteiger partial charge in [-0.05, 0) is 32.0 Å².